The molecule has 1 aromatic carbocycles. The van der Waals surface area contributed by atoms with Crippen LogP contribution in [0.4, 0.5) is 10.7 Å². The van der Waals surface area contributed by atoms with E-state index in [0.29, 0.717) is 41.3 Å². The van der Waals surface area contributed by atoms with Crippen molar-refractivity contribution in [3.63, 3.8) is 0 Å². The molecule has 3 aromatic rings. The van der Waals surface area contributed by atoms with Crippen LogP contribution in [0.15, 0.2) is 30.5 Å². The molecule has 2 amide bonds. The van der Waals surface area contributed by atoms with Crippen LogP contribution < -0.4 is 14.8 Å². The van der Waals surface area contributed by atoms with E-state index in [1.54, 1.807) is 12.3 Å². The van der Waals surface area contributed by atoms with E-state index in [9.17, 15) is 14.7 Å². The van der Waals surface area contributed by atoms with Crippen LogP contribution in [0.5, 0.6) is 11.5 Å². The maximum atomic E-state index is 12.5. The van der Waals surface area contributed by atoms with Gasteiger partial charge in [0, 0.05) is 36.8 Å². The Hall–Kier alpha value is -4.35. The average Bonchev–Trinajstić information content (AvgIpc) is 3.25. The number of aromatic nitrogens is 4. The molecule has 4 aliphatic rings. The second kappa shape index (κ2) is 9.35. The van der Waals surface area contributed by atoms with E-state index in [2.05, 4.69) is 10.3 Å². The first-order valence-electron chi connectivity index (χ1n) is 14.1. The normalized spacial score (nSPS) is 21.3. The second-order valence-electron chi connectivity index (χ2n) is 12.3. The first-order valence-corrected chi connectivity index (χ1v) is 14.1. The number of carbonyl (C=O) groups excluding carboxylic acids is 1. The smallest absolute Gasteiger partial charge is 0.408 e. The van der Waals surface area contributed by atoms with Crippen LogP contribution in [-0.4, -0.2) is 72.4 Å². The molecule has 0 bridgehead atoms. The van der Waals surface area contributed by atoms with Crippen molar-refractivity contribution >= 4 is 17.9 Å². The molecule has 2 atom stereocenters. The highest BCUT2D eigenvalue weighted by Crippen LogP contribution is 2.47. The Bertz CT molecular complexity index is 1540. The van der Waals surface area contributed by atoms with Crippen molar-refractivity contribution < 1.29 is 24.2 Å². The van der Waals surface area contributed by atoms with Gasteiger partial charge in [0.1, 0.15) is 11.6 Å². The molecule has 1 saturated carbocycles. The third-order valence-electron chi connectivity index (χ3n) is 8.22. The molecular weight excluding hydrogens is 526 g/mol. The molecule has 0 spiro atoms. The largest absolute Gasteiger partial charge is 0.465 e. The zero-order valence-corrected chi connectivity index (χ0v) is 23.3. The number of fused-ring (bicyclic) bond motifs is 2. The van der Waals surface area contributed by atoms with Crippen LogP contribution in [0.25, 0.3) is 17.2 Å². The summed E-state index contributed by atoms with van der Waals surface area (Å²) in [6.07, 6.45) is 3.52. The van der Waals surface area contributed by atoms with Gasteiger partial charge in [0.2, 0.25) is 18.6 Å². The highest BCUT2D eigenvalue weighted by molar-refractivity contribution is 5.81. The molecule has 41 heavy (non-hydrogen) atoms. The lowest BCUT2D eigenvalue weighted by Gasteiger charge is -2.33. The van der Waals surface area contributed by atoms with Crippen molar-refractivity contribution in [3.8, 4) is 28.7 Å². The Morgan fingerprint density at radius 3 is 2.63 bits per heavy atom. The summed E-state index contributed by atoms with van der Waals surface area (Å²) < 4.78 is 13.1. The average molecular weight is 560 g/mol. The van der Waals surface area contributed by atoms with Crippen LogP contribution in [0.1, 0.15) is 57.5 Å². The fraction of sp³-hybridized carbons (Fsp3) is 0.483. The number of nitrogens with one attached hydrogen (secondary N) is 1. The Kier molecular flexibility index (Phi) is 5.84. The van der Waals surface area contributed by atoms with Crippen LogP contribution in [0, 0.1) is 11.3 Å². The minimum absolute atomic E-state index is 0.0579. The molecule has 2 fully saturated rings. The third kappa shape index (κ3) is 4.51. The predicted molar refractivity (Wildman–Crippen MR) is 148 cm³/mol. The Morgan fingerprint density at radius 1 is 1.07 bits per heavy atom. The molecule has 3 aliphatic heterocycles. The fourth-order valence-corrected chi connectivity index (χ4v) is 6.17. The van der Waals surface area contributed by atoms with Crippen molar-refractivity contribution in [2.45, 2.75) is 58.7 Å². The van der Waals surface area contributed by atoms with Gasteiger partial charge in [0.15, 0.2) is 11.5 Å². The lowest BCUT2D eigenvalue weighted by Crippen LogP contribution is -2.36. The summed E-state index contributed by atoms with van der Waals surface area (Å²) in [5.41, 5.74) is 1.90. The Morgan fingerprint density at radius 2 is 1.88 bits per heavy atom. The zero-order chi connectivity index (χ0) is 28.5. The van der Waals surface area contributed by atoms with Crippen molar-refractivity contribution in [3.05, 3.63) is 41.9 Å². The van der Waals surface area contributed by atoms with Crippen LogP contribution in [0.3, 0.4) is 0 Å². The lowest BCUT2D eigenvalue weighted by molar-refractivity contribution is -0.131. The molecule has 2 unspecified atom stereocenters. The number of benzene rings is 1. The molecule has 1 saturated heterocycles. The third-order valence-corrected chi connectivity index (χ3v) is 8.22. The molecule has 12 nitrogen and oxygen atoms in total. The predicted octanol–water partition coefficient (Wildman–Crippen LogP) is 4.06. The van der Waals surface area contributed by atoms with E-state index in [1.807, 2.05) is 48.4 Å². The number of imidazole rings is 1. The molecule has 2 N–H and O–H groups in total. The summed E-state index contributed by atoms with van der Waals surface area (Å²) in [7, 11) is 0. The van der Waals surface area contributed by atoms with E-state index in [-0.39, 0.29) is 36.6 Å². The van der Waals surface area contributed by atoms with Gasteiger partial charge in [-0.25, -0.2) is 14.8 Å². The lowest BCUT2D eigenvalue weighted by atomic mass is 9.85. The summed E-state index contributed by atoms with van der Waals surface area (Å²) >= 11 is 0. The minimum Gasteiger partial charge on any atom is -0.465 e. The van der Waals surface area contributed by atoms with Gasteiger partial charge >= 0.3 is 6.09 Å². The van der Waals surface area contributed by atoms with Gasteiger partial charge < -0.3 is 24.8 Å². The quantitative estimate of drug-likeness (QED) is 0.474. The number of carboxylic acid groups (broad SMARTS) is 1. The number of ether oxygens (including phenoxy) is 2. The maximum Gasteiger partial charge on any atom is 0.408 e. The number of amides is 2. The summed E-state index contributed by atoms with van der Waals surface area (Å²) in [4.78, 5) is 42.6. The van der Waals surface area contributed by atoms with Crippen LogP contribution in [0.2, 0.25) is 0 Å². The molecular formula is C29H33N7O5. The molecule has 0 radical (unpaired) electrons. The Balaban J connectivity index is 1.27. The van der Waals surface area contributed by atoms with Gasteiger partial charge in [-0.1, -0.05) is 20.8 Å². The molecule has 1 aliphatic carbocycles. The van der Waals surface area contributed by atoms with E-state index >= 15 is 0 Å². The monoisotopic (exact) mass is 559 g/mol. The topological polar surface area (TPSA) is 135 Å². The maximum absolute atomic E-state index is 12.5. The van der Waals surface area contributed by atoms with Crippen LogP contribution >= 0.6 is 0 Å². The number of rotatable bonds is 5. The standard InChI is InChI=1S/C29H33N7O5/c1-29(2,3)24-23-19(14-35(24)28(38)39)36(25(33-23)17-6-7-20-21(12-17)41-15-40-20)22-8-10-30-27(32-22)31-18-9-11-34(13-18)26(37)16-4-5-16/h6-8,10,12,16,18,24H,4-5,9,11,13-15H2,1-3H3,(H,38,39)(H,30,31,32). The number of likely N-dealkylation sites (tertiary alicyclic amines) is 1. The van der Waals surface area contributed by atoms with Gasteiger partial charge in [-0.05, 0) is 48.9 Å². The van der Waals surface area contributed by atoms with Crippen molar-refractivity contribution in [2.75, 3.05) is 25.2 Å². The molecule has 214 valence electrons. The molecule has 2 aromatic heterocycles. The summed E-state index contributed by atoms with van der Waals surface area (Å²) in [6, 6.07) is 7.10. The van der Waals surface area contributed by atoms with Crippen molar-refractivity contribution in [2.24, 2.45) is 11.3 Å². The van der Waals surface area contributed by atoms with Gasteiger partial charge in [-0.2, -0.15) is 4.98 Å². The number of carbonyl (C=O) groups is 2. The van der Waals surface area contributed by atoms with Gasteiger partial charge in [-0.3, -0.25) is 14.3 Å². The summed E-state index contributed by atoms with van der Waals surface area (Å²) in [6.45, 7) is 7.77. The van der Waals surface area contributed by atoms with Gasteiger partial charge in [-0.15, -0.1) is 0 Å². The van der Waals surface area contributed by atoms with Crippen LogP contribution in [-0.2, 0) is 11.3 Å². The van der Waals surface area contributed by atoms with Crippen molar-refractivity contribution in [1.29, 1.82) is 0 Å². The summed E-state index contributed by atoms with van der Waals surface area (Å²) in [5.74, 6) is 3.42. The van der Waals surface area contributed by atoms with E-state index in [0.717, 1.165) is 37.1 Å². The second-order valence-corrected chi connectivity index (χ2v) is 12.3. The van der Waals surface area contributed by atoms with Gasteiger partial charge in [0.25, 0.3) is 0 Å². The molecule has 12 heteroatoms. The first-order chi connectivity index (χ1) is 19.7. The number of anilines is 1. The number of hydrogen-bond donors (Lipinski definition) is 2. The van der Waals surface area contributed by atoms with E-state index in [1.165, 1.54) is 4.90 Å². The molecule has 5 heterocycles. The number of nitrogens with zero attached hydrogens (tertiary/aromatic N) is 6. The van der Waals surface area contributed by atoms with Crippen molar-refractivity contribution in [1.82, 2.24) is 29.3 Å². The zero-order valence-electron chi connectivity index (χ0n) is 23.3. The van der Waals surface area contributed by atoms with E-state index < -0.39 is 12.1 Å². The minimum atomic E-state index is -0.990. The Labute approximate surface area is 237 Å². The SMILES string of the molecule is CC(C)(C)C1c2nc(-c3ccc4c(c3)OCO4)n(-c3ccnc(NC4CCN(C(=O)C5CC5)C4)n3)c2CN1C(=O)O. The summed E-state index contributed by atoms with van der Waals surface area (Å²) in [5, 5.41) is 13.5. The number of hydrogen-bond acceptors (Lipinski definition) is 8. The molecule has 7 rings (SSSR count). The van der Waals surface area contributed by atoms with Gasteiger partial charge in [0.05, 0.1) is 24.0 Å². The fourth-order valence-electron chi connectivity index (χ4n) is 6.17. The highest BCUT2D eigenvalue weighted by atomic mass is 16.7. The highest BCUT2D eigenvalue weighted by Gasteiger charge is 2.45. The van der Waals surface area contributed by atoms with E-state index in [4.69, 9.17) is 19.4 Å². The first kappa shape index (κ1) is 25.6.